The topological polar surface area (TPSA) is 23.6 Å². The van der Waals surface area contributed by atoms with Gasteiger partial charge in [0.05, 0.1) is 6.54 Å². The molecule has 1 aromatic carbocycles. The second kappa shape index (κ2) is 4.45. The second-order valence-electron chi connectivity index (χ2n) is 4.04. The maximum absolute atomic E-state index is 11.7. The first kappa shape index (κ1) is 10.2. The van der Waals surface area contributed by atoms with Crippen LogP contribution in [0.25, 0.3) is 0 Å². The zero-order valence-electron chi connectivity index (χ0n) is 9.02. The van der Waals surface area contributed by atoms with Crippen molar-refractivity contribution in [2.75, 3.05) is 26.7 Å². The van der Waals surface area contributed by atoms with Gasteiger partial charge in [-0.3, -0.25) is 9.69 Å². The molecule has 1 fully saturated rings. The third kappa shape index (κ3) is 2.57. The molecule has 0 radical (unpaired) electrons. The van der Waals surface area contributed by atoms with Crippen LogP contribution in [0.15, 0.2) is 30.3 Å². The summed E-state index contributed by atoms with van der Waals surface area (Å²) in [5.74, 6) is 0.229. The van der Waals surface area contributed by atoms with E-state index >= 15 is 0 Å². The molecule has 0 atom stereocenters. The molecule has 80 valence electrons. The fourth-order valence-corrected chi connectivity index (χ4v) is 1.80. The van der Waals surface area contributed by atoms with E-state index in [1.807, 2.05) is 30.1 Å². The Hall–Kier alpha value is -1.35. The molecule has 0 unspecified atom stereocenters. The van der Waals surface area contributed by atoms with E-state index in [9.17, 15) is 4.79 Å². The van der Waals surface area contributed by atoms with Crippen LogP contribution < -0.4 is 0 Å². The van der Waals surface area contributed by atoms with Gasteiger partial charge >= 0.3 is 0 Å². The van der Waals surface area contributed by atoms with E-state index < -0.39 is 0 Å². The SMILES string of the molecule is CN1CCN(Cc2ccccc2)C(=O)C1. The lowest BCUT2D eigenvalue weighted by Gasteiger charge is -2.32. The van der Waals surface area contributed by atoms with E-state index in [0.717, 1.165) is 19.6 Å². The van der Waals surface area contributed by atoms with Crippen LogP contribution in [0.3, 0.4) is 0 Å². The van der Waals surface area contributed by atoms with Gasteiger partial charge in [-0.15, -0.1) is 0 Å². The van der Waals surface area contributed by atoms with E-state index in [1.54, 1.807) is 0 Å². The molecule has 1 saturated heterocycles. The van der Waals surface area contributed by atoms with Crippen molar-refractivity contribution in [2.24, 2.45) is 0 Å². The van der Waals surface area contributed by atoms with Gasteiger partial charge in [0.2, 0.25) is 5.91 Å². The summed E-state index contributed by atoms with van der Waals surface area (Å²) < 4.78 is 0. The van der Waals surface area contributed by atoms with Crippen molar-refractivity contribution in [3.63, 3.8) is 0 Å². The smallest absolute Gasteiger partial charge is 0.237 e. The number of likely N-dealkylation sites (N-methyl/N-ethyl adjacent to an activating group) is 1. The highest BCUT2D eigenvalue weighted by Gasteiger charge is 2.20. The minimum absolute atomic E-state index is 0.229. The molecule has 1 aromatic rings. The van der Waals surface area contributed by atoms with E-state index in [4.69, 9.17) is 0 Å². The third-order valence-electron chi connectivity index (χ3n) is 2.73. The molecule has 2 rings (SSSR count). The minimum Gasteiger partial charge on any atom is -0.336 e. The molecular formula is C12H16N2O. The lowest BCUT2D eigenvalue weighted by atomic mass is 10.2. The van der Waals surface area contributed by atoms with Gasteiger partial charge in [-0.2, -0.15) is 0 Å². The summed E-state index contributed by atoms with van der Waals surface area (Å²) in [4.78, 5) is 15.7. The number of hydrogen-bond acceptors (Lipinski definition) is 2. The van der Waals surface area contributed by atoms with E-state index in [2.05, 4.69) is 17.0 Å². The molecule has 3 nitrogen and oxygen atoms in total. The molecule has 0 bridgehead atoms. The van der Waals surface area contributed by atoms with Crippen molar-refractivity contribution < 1.29 is 4.79 Å². The average Bonchev–Trinajstić information content (AvgIpc) is 2.24. The molecule has 1 heterocycles. The van der Waals surface area contributed by atoms with Crippen LogP contribution in [-0.2, 0) is 11.3 Å². The Morgan fingerprint density at radius 2 is 1.93 bits per heavy atom. The number of benzene rings is 1. The maximum atomic E-state index is 11.7. The first-order valence-corrected chi connectivity index (χ1v) is 5.26. The molecule has 1 aliphatic heterocycles. The molecule has 1 amide bonds. The van der Waals surface area contributed by atoms with E-state index in [1.165, 1.54) is 5.56 Å². The quantitative estimate of drug-likeness (QED) is 0.716. The Kier molecular flexibility index (Phi) is 3.02. The predicted molar refractivity (Wildman–Crippen MR) is 59.4 cm³/mol. The summed E-state index contributed by atoms with van der Waals surface area (Å²) in [7, 11) is 1.98. The van der Waals surface area contributed by atoms with Crippen molar-refractivity contribution >= 4 is 5.91 Å². The number of carbonyl (C=O) groups is 1. The number of piperazine rings is 1. The van der Waals surface area contributed by atoms with Crippen molar-refractivity contribution in [1.29, 1.82) is 0 Å². The third-order valence-corrected chi connectivity index (χ3v) is 2.73. The van der Waals surface area contributed by atoms with Crippen LogP contribution in [-0.4, -0.2) is 42.4 Å². The summed E-state index contributed by atoms with van der Waals surface area (Å²) in [6.45, 7) is 3.10. The largest absolute Gasteiger partial charge is 0.336 e. The van der Waals surface area contributed by atoms with Gasteiger partial charge in [0, 0.05) is 19.6 Å². The van der Waals surface area contributed by atoms with Crippen molar-refractivity contribution in [1.82, 2.24) is 9.80 Å². The highest BCUT2D eigenvalue weighted by atomic mass is 16.2. The van der Waals surface area contributed by atoms with Gasteiger partial charge in [-0.25, -0.2) is 0 Å². The standard InChI is InChI=1S/C12H16N2O/c1-13-7-8-14(12(15)10-13)9-11-5-3-2-4-6-11/h2-6H,7-10H2,1H3. The lowest BCUT2D eigenvalue weighted by molar-refractivity contribution is -0.136. The van der Waals surface area contributed by atoms with Crippen molar-refractivity contribution in [3.05, 3.63) is 35.9 Å². The normalized spacial score (nSPS) is 18.2. The van der Waals surface area contributed by atoms with Crippen LogP contribution in [0.4, 0.5) is 0 Å². The number of carbonyl (C=O) groups excluding carboxylic acids is 1. The second-order valence-corrected chi connectivity index (χ2v) is 4.04. The van der Waals surface area contributed by atoms with Crippen LogP contribution in [0.5, 0.6) is 0 Å². The Morgan fingerprint density at radius 3 is 2.60 bits per heavy atom. The minimum atomic E-state index is 0.229. The van der Waals surface area contributed by atoms with Gasteiger partial charge in [-0.05, 0) is 12.6 Å². The molecule has 0 saturated carbocycles. The first-order chi connectivity index (χ1) is 7.25. The fourth-order valence-electron chi connectivity index (χ4n) is 1.80. The maximum Gasteiger partial charge on any atom is 0.237 e. The number of amides is 1. The molecule has 0 aliphatic carbocycles. The predicted octanol–water partition coefficient (Wildman–Crippen LogP) is 0.961. The van der Waals surface area contributed by atoms with Crippen molar-refractivity contribution in [3.8, 4) is 0 Å². The molecule has 3 heteroatoms. The highest BCUT2D eigenvalue weighted by Crippen LogP contribution is 2.08. The Labute approximate surface area is 90.3 Å². The molecular weight excluding hydrogens is 188 g/mol. The van der Waals surface area contributed by atoms with Gasteiger partial charge < -0.3 is 4.90 Å². The summed E-state index contributed by atoms with van der Waals surface area (Å²) >= 11 is 0. The van der Waals surface area contributed by atoms with Crippen LogP contribution in [0, 0.1) is 0 Å². The Bertz CT molecular complexity index is 337. The van der Waals surface area contributed by atoms with Crippen LogP contribution in [0.2, 0.25) is 0 Å². The number of hydrogen-bond donors (Lipinski definition) is 0. The Morgan fingerprint density at radius 1 is 1.20 bits per heavy atom. The summed E-state index contributed by atoms with van der Waals surface area (Å²) in [6, 6.07) is 10.1. The van der Waals surface area contributed by atoms with Crippen molar-refractivity contribution in [2.45, 2.75) is 6.54 Å². The average molecular weight is 204 g/mol. The molecule has 0 aromatic heterocycles. The zero-order chi connectivity index (χ0) is 10.7. The summed E-state index contributed by atoms with van der Waals surface area (Å²) in [5.41, 5.74) is 1.20. The number of nitrogens with zero attached hydrogens (tertiary/aromatic N) is 2. The zero-order valence-corrected chi connectivity index (χ0v) is 9.02. The summed E-state index contributed by atoms with van der Waals surface area (Å²) in [5, 5.41) is 0. The molecule has 1 aliphatic rings. The van der Waals surface area contributed by atoms with E-state index in [-0.39, 0.29) is 5.91 Å². The molecule has 0 spiro atoms. The monoisotopic (exact) mass is 204 g/mol. The summed E-state index contributed by atoms with van der Waals surface area (Å²) in [6.07, 6.45) is 0. The lowest BCUT2D eigenvalue weighted by Crippen LogP contribution is -2.48. The van der Waals surface area contributed by atoms with Gasteiger partial charge in [0.25, 0.3) is 0 Å². The highest BCUT2D eigenvalue weighted by molar-refractivity contribution is 5.78. The van der Waals surface area contributed by atoms with Crippen LogP contribution in [0.1, 0.15) is 5.56 Å². The fraction of sp³-hybridized carbons (Fsp3) is 0.417. The van der Waals surface area contributed by atoms with Gasteiger partial charge in [-0.1, -0.05) is 30.3 Å². The Balaban J connectivity index is 1.98. The van der Waals surface area contributed by atoms with Gasteiger partial charge in [0.1, 0.15) is 0 Å². The molecule has 15 heavy (non-hydrogen) atoms. The molecule has 0 N–H and O–H groups in total. The van der Waals surface area contributed by atoms with E-state index in [0.29, 0.717) is 6.54 Å². The number of rotatable bonds is 2. The first-order valence-electron chi connectivity index (χ1n) is 5.26. The van der Waals surface area contributed by atoms with Crippen LogP contribution >= 0.6 is 0 Å². The van der Waals surface area contributed by atoms with Gasteiger partial charge in [0.15, 0.2) is 0 Å².